The number of hydrogen-bond acceptors (Lipinski definition) is 4. The van der Waals surface area contributed by atoms with E-state index >= 15 is 0 Å². The zero-order valence-corrected chi connectivity index (χ0v) is 17.6. The lowest BCUT2D eigenvalue weighted by atomic mass is 10.2. The summed E-state index contributed by atoms with van der Waals surface area (Å²) in [6.07, 6.45) is 4.10. The van der Waals surface area contributed by atoms with Crippen LogP contribution in [-0.4, -0.2) is 35.8 Å². The Morgan fingerprint density at radius 2 is 2.10 bits per heavy atom. The minimum Gasteiger partial charge on any atom is -0.376 e. The molecule has 8 nitrogen and oxygen atoms in total. The molecule has 3 aromatic heterocycles. The van der Waals surface area contributed by atoms with Gasteiger partial charge in [0.2, 0.25) is 5.78 Å². The maximum Gasteiger partial charge on any atom is 0.332 e. The fraction of sp³-hybridized carbons (Fsp3) is 0.381. The quantitative estimate of drug-likeness (QED) is 0.501. The number of aromatic nitrogens is 5. The molecule has 0 amide bonds. The predicted octanol–water partition coefficient (Wildman–Crippen LogP) is 2.34. The Morgan fingerprint density at radius 3 is 2.83 bits per heavy atom. The van der Waals surface area contributed by atoms with Gasteiger partial charge in [-0.05, 0) is 37.5 Å². The summed E-state index contributed by atoms with van der Waals surface area (Å²) in [5.41, 5.74) is 1.77. The number of aryl methyl sites for hydroxylation is 2. The largest absolute Gasteiger partial charge is 0.376 e. The smallest absolute Gasteiger partial charge is 0.332 e. The summed E-state index contributed by atoms with van der Waals surface area (Å²) in [6.45, 7) is 3.59. The van der Waals surface area contributed by atoms with Gasteiger partial charge in [0.25, 0.3) is 5.56 Å². The maximum absolute atomic E-state index is 13.4. The number of nitrogens with zero attached hydrogens (tertiary/aromatic N) is 5. The Bertz CT molecular complexity index is 1390. The highest BCUT2D eigenvalue weighted by Gasteiger charge is 2.23. The molecule has 1 aliphatic heterocycles. The molecule has 1 saturated heterocycles. The third-order valence-corrected chi connectivity index (χ3v) is 6.02. The van der Waals surface area contributed by atoms with Crippen LogP contribution in [0.5, 0.6) is 0 Å². The van der Waals surface area contributed by atoms with Crippen LogP contribution in [0.25, 0.3) is 16.9 Å². The van der Waals surface area contributed by atoms with Gasteiger partial charge in [-0.2, -0.15) is 4.98 Å². The van der Waals surface area contributed by atoms with E-state index in [4.69, 9.17) is 16.3 Å². The first-order chi connectivity index (χ1) is 14.4. The molecule has 30 heavy (non-hydrogen) atoms. The molecule has 5 rings (SSSR count). The second-order valence-electron chi connectivity index (χ2n) is 7.83. The fourth-order valence-corrected chi connectivity index (χ4v) is 4.44. The second kappa shape index (κ2) is 7.14. The van der Waals surface area contributed by atoms with Crippen molar-refractivity contribution in [3.05, 3.63) is 67.6 Å². The molecule has 0 radical (unpaired) electrons. The van der Waals surface area contributed by atoms with Crippen molar-refractivity contribution in [1.29, 1.82) is 0 Å². The molecule has 4 heterocycles. The number of benzene rings is 1. The number of hydrogen-bond donors (Lipinski definition) is 0. The first-order valence-electron chi connectivity index (χ1n) is 9.98. The van der Waals surface area contributed by atoms with Crippen molar-refractivity contribution in [3.63, 3.8) is 0 Å². The lowest BCUT2D eigenvalue weighted by Crippen LogP contribution is -2.39. The van der Waals surface area contributed by atoms with Gasteiger partial charge in [-0.3, -0.25) is 18.3 Å². The molecule has 0 saturated carbocycles. The highest BCUT2D eigenvalue weighted by atomic mass is 35.5. The SMILES string of the molecule is Cc1cn2c3c(=O)n(Cc4cccc(Cl)c4)c(=O)n(C)c3nc2n1C[C@H]1CCCO1. The van der Waals surface area contributed by atoms with Crippen molar-refractivity contribution in [2.45, 2.75) is 39.0 Å². The van der Waals surface area contributed by atoms with Gasteiger partial charge in [0, 0.05) is 30.6 Å². The van der Waals surface area contributed by atoms with Crippen LogP contribution in [0.4, 0.5) is 0 Å². The van der Waals surface area contributed by atoms with E-state index in [1.165, 1.54) is 9.13 Å². The van der Waals surface area contributed by atoms with Crippen molar-refractivity contribution < 1.29 is 4.74 Å². The van der Waals surface area contributed by atoms with E-state index in [0.717, 1.165) is 30.7 Å². The topological polar surface area (TPSA) is 75.5 Å². The molecular weight excluding hydrogens is 406 g/mol. The minimum atomic E-state index is -0.407. The first kappa shape index (κ1) is 19.1. The first-order valence-corrected chi connectivity index (χ1v) is 10.4. The zero-order valence-electron chi connectivity index (χ0n) is 16.8. The predicted molar refractivity (Wildman–Crippen MR) is 114 cm³/mol. The fourth-order valence-electron chi connectivity index (χ4n) is 4.23. The van der Waals surface area contributed by atoms with Crippen molar-refractivity contribution in [1.82, 2.24) is 23.1 Å². The van der Waals surface area contributed by atoms with Crippen molar-refractivity contribution in [2.75, 3.05) is 6.61 Å². The van der Waals surface area contributed by atoms with Crippen LogP contribution >= 0.6 is 11.6 Å². The van der Waals surface area contributed by atoms with Crippen LogP contribution in [-0.2, 0) is 24.9 Å². The van der Waals surface area contributed by atoms with E-state index < -0.39 is 5.69 Å². The van der Waals surface area contributed by atoms with Crippen LogP contribution in [0.1, 0.15) is 24.1 Å². The van der Waals surface area contributed by atoms with Crippen LogP contribution in [0.3, 0.4) is 0 Å². The Balaban J connectivity index is 1.69. The standard InChI is InChI=1S/C21H22ClN5O3/c1-13-10-26-17-18(23-20(26)25(13)12-16-7-4-8-30-16)24(2)21(29)27(19(17)28)11-14-5-3-6-15(22)9-14/h3,5-6,9-10,16H,4,7-8,11-12H2,1-2H3/t16-/m1/s1. The van der Waals surface area contributed by atoms with Gasteiger partial charge >= 0.3 is 5.69 Å². The van der Waals surface area contributed by atoms with Gasteiger partial charge in [0.05, 0.1) is 19.2 Å². The summed E-state index contributed by atoms with van der Waals surface area (Å²) >= 11 is 6.07. The van der Waals surface area contributed by atoms with Crippen LogP contribution in [0, 0.1) is 6.92 Å². The summed E-state index contributed by atoms with van der Waals surface area (Å²) < 4.78 is 12.3. The summed E-state index contributed by atoms with van der Waals surface area (Å²) in [5, 5.41) is 0.562. The molecule has 0 unspecified atom stereocenters. The average Bonchev–Trinajstić information content (AvgIpc) is 3.42. The van der Waals surface area contributed by atoms with Gasteiger partial charge in [0.15, 0.2) is 11.2 Å². The molecular formula is C21H22ClN5O3. The van der Waals surface area contributed by atoms with Crippen molar-refractivity contribution >= 4 is 28.5 Å². The molecule has 4 aromatic rings. The molecule has 156 valence electrons. The lowest BCUT2D eigenvalue weighted by Gasteiger charge is -2.11. The number of rotatable bonds is 4. The number of imidazole rings is 2. The van der Waals surface area contributed by atoms with Gasteiger partial charge in [0.1, 0.15) is 0 Å². The van der Waals surface area contributed by atoms with E-state index in [1.807, 2.05) is 19.2 Å². The zero-order chi connectivity index (χ0) is 21.0. The second-order valence-corrected chi connectivity index (χ2v) is 8.27. The molecule has 0 spiro atoms. The highest BCUT2D eigenvalue weighted by Crippen LogP contribution is 2.20. The van der Waals surface area contributed by atoms with Crippen molar-refractivity contribution in [3.8, 4) is 0 Å². The number of halogens is 1. The van der Waals surface area contributed by atoms with Gasteiger partial charge < -0.3 is 9.30 Å². The Kier molecular flexibility index (Phi) is 4.56. The normalized spacial score (nSPS) is 16.8. The number of fused-ring (bicyclic) bond motifs is 3. The highest BCUT2D eigenvalue weighted by molar-refractivity contribution is 6.30. The third-order valence-electron chi connectivity index (χ3n) is 5.78. The Labute approximate surface area is 176 Å². The lowest BCUT2D eigenvalue weighted by molar-refractivity contribution is 0.0974. The van der Waals surface area contributed by atoms with E-state index in [0.29, 0.717) is 28.5 Å². The summed E-state index contributed by atoms with van der Waals surface area (Å²) in [4.78, 5) is 31.0. The molecule has 0 aliphatic carbocycles. The van der Waals surface area contributed by atoms with E-state index in [1.54, 1.807) is 29.6 Å². The molecule has 1 fully saturated rings. The van der Waals surface area contributed by atoms with E-state index in [-0.39, 0.29) is 18.2 Å². The molecule has 1 aliphatic rings. The van der Waals surface area contributed by atoms with Crippen LogP contribution in [0.2, 0.25) is 5.02 Å². The third kappa shape index (κ3) is 2.98. The Hall–Kier alpha value is -2.84. The van der Waals surface area contributed by atoms with Crippen LogP contribution in [0.15, 0.2) is 40.1 Å². The molecule has 1 aromatic carbocycles. The van der Waals surface area contributed by atoms with Gasteiger partial charge in [-0.1, -0.05) is 23.7 Å². The number of ether oxygens (including phenoxy) is 1. The molecule has 0 bridgehead atoms. The maximum atomic E-state index is 13.4. The van der Waals surface area contributed by atoms with Crippen LogP contribution < -0.4 is 11.2 Å². The summed E-state index contributed by atoms with van der Waals surface area (Å²) in [5.74, 6) is 0.644. The van der Waals surface area contributed by atoms with Gasteiger partial charge in [-0.25, -0.2) is 4.79 Å². The van der Waals surface area contributed by atoms with Gasteiger partial charge in [-0.15, -0.1) is 0 Å². The minimum absolute atomic E-state index is 0.142. The average molecular weight is 428 g/mol. The van der Waals surface area contributed by atoms with Crippen molar-refractivity contribution in [2.24, 2.45) is 7.05 Å². The molecule has 1 atom stereocenters. The summed E-state index contributed by atoms with van der Waals surface area (Å²) in [6, 6.07) is 7.16. The van der Waals surface area contributed by atoms with E-state index in [9.17, 15) is 9.59 Å². The molecule has 9 heteroatoms. The Morgan fingerprint density at radius 1 is 1.27 bits per heavy atom. The summed E-state index contributed by atoms with van der Waals surface area (Å²) in [7, 11) is 1.64. The molecule has 0 N–H and O–H groups in total. The van der Waals surface area contributed by atoms with E-state index in [2.05, 4.69) is 9.55 Å². The monoisotopic (exact) mass is 427 g/mol.